The van der Waals surface area contributed by atoms with E-state index in [9.17, 15) is 0 Å². The van der Waals surface area contributed by atoms with Crippen LogP contribution in [0.4, 0.5) is 5.82 Å². The van der Waals surface area contributed by atoms with Crippen molar-refractivity contribution in [1.82, 2.24) is 20.5 Å². The number of aromatic nitrogens is 1. The Kier molecular flexibility index (Phi) is 9.69. The highest BCUT2D eigenvalue weighted by Gasteiger charge is 2.36. The van der Waals surface area contributed by atoms with E-state index in [2.05, 4.69) is 51.5 Å². The van der Waals surface area contributed by atoms with E-state index in [0.29, 0.717) is 12.6 Å². The van der Waals surface area contributed by atoms with Crippen molar-refractivity contribution in [1.29, 1.82) is 0 Å². The molecule has 0 spiro atoms. The number of hydrogen-bond donors (Lipinski definition) is 2. The molecular weight excluding hydrogens is 499 g/mol. The Bertz CT molecular complexity index is 689. The maximum absolute atomic E-state index is 4.93. The summed E-state index contributed by atoms with van der Waals surface area (Å²) in [6, 6.07) is 6.33. The van der Waals surface area contributed by atoms with E-state index in [0.717, 1.165) is 43.5 Å². The van der Waals surface area contributed by atoms with Gasteiger partial charge in [0.2, 0.25) is 0 Å². The first-order valence-electron chi connectivity index (χ1n) is 12.2. The van der Waals surface area contributed by atoms with Gasteiger partial charge in [-0.15, -0.1) is 24.0 Å². The Morgan fingerprint density at radius 3 is 2.48 bits per heavy atom. The second-order valence-electron chi connectivity index (χ2n) is 9.34. The van der Waals surface area contributed by atoms with Crippen molar-refractivity contribution >= 4 is 35.8 Å². The molecule has 3 fully saturated rings. The van der Waals surface area contributed by atoms with Crippen LogP contribution in [0, 0.1) is 0 Å². The number of halogens is 1. The first-order valence-corrected chi connectivity index (χ1v) is 12.2. The fraction of sp³-hybridized carbons (Fsp3) is 0.750. The molecule has 3 aliphatic rings. The maximum atomic E-state index is 4.93. The van der Waals surface area contributed by atoms with Gasteiger partial charge in [-0.05, 0) is 70.2 Å². The molecule has 7 heteroatoms. The maximum Gasteiger partial charge on any atom is 0.191 e. The van der Waals surface area contributed by atoms with Crippen molar-refractivity contribution in [3.63, 3.8) is 0 Å². The SMILES string of the molecule is CCNC(=NCc1ccnc(N2CCCCCC2)c1)NC1CC2CCCC(C1)N2C.I. The van der Waals surface area contributed by atoms with Crippen LogP contribution < -0.4 is 15.5 Å². The summed E-state index contributed by atoms with van der Waals surface area (Å²) < 4.78 is 0. The highest BCUT2D eigenvalue weighted by molar-refractivity contribution is 14.0. The minimum absolute atomic E-state index is 0. The molecule has 1 aromatic rings. The fourth-order valence-corrected chi connectivity index (χ4v) is 5.45. The molecule has 0 amide bonds. The molecule has 2 bridgehead atoms. The lowest BCUT2D eigenvalue weighted by atomic mass is 9.82. The molecule has 3 aliphatic heterocycles. The van der Waals surface area contributed by atoms with Crippen LogP contribution in [0.2, 0.25) is 0 Å². The Labute approximate surface area is 205 Å². The van der Waals surface area contributed by atoms with E-state index < -0.39 is 0 Å². The van der Waals surface area contributed by atoms with Crippen LogP contribution in [-0.2, 0) is 6.54 Å². The molecule has 2 N–H and O–H groups in total. The molecule has 4 rings (SSSR count). The molecule has 3 saturated heterocycles. The number of anilines is 1. The summed E-state index contributed by atoms with van der Waals surface area (Å²) in [4.78, 5) is 14.6. The Morgan fingerprint density at radius 2 is 1.81 bits per heavy atom. The number of rotatable bonds is 5. The lowest BCUT2D eigenvalue weighted by Crippen LogP contribution is -2.56. The third-order valence-electron chi connectivity index (χ3n) is 7.18. The molecule has 4 heterocycles. The summed E-state index contributed by atoms with van der Waals surface area (Å²) >= 11 is 0. The first kappa shape index (κ1) is 24.6. The van der Waals surface area contributed by atoms with Crippen molar-refractivity contribution in [3.8, 4) is 0 Å². The van der Waals surface area contributed by atoms with E-state index in [1.165, 1.54) is 63.4 Å². The van der Waals surface area contributed by atoms with E-state index in [1.54, 1.807) is 0 Å². The van der Waals surface area contributed by atoms with Crippen molar-refractivity contribution in [2.75, 3.05) is 31.6 Å². The predicted octanol–water partition coefficient (Wildman–Crippen LogP) is 4.15. The van der Waals surface area contributed by atoms with Crippen LogP contribution in [0.3, 0.4) is 0 Å². The Balaban J connectivity index is 0.00000272. The van der Waals surface area contributed by atoms with Gasteiger partial charge in [0.25, 0.3) is 0 Å². The number of pyridine rings is 1. The van der Waals surface area contributed by atoms with E-state index in [1.807, 2.05) is 6.20 Å². The molecular formula is C24H41IN6. The summed E-state index contributed by atoms with van der Waals surface area (Å²) in [7, 11) is 2.31. The van der Waals surface area contributed by atoms with Crippen molar-refractivity contribution in [2.24, 2.45) is 4.99 Å². The molecule has 1 aromatic heterocycles. The van der Waals surface area contributed by atoms with Crippen molar-refractivity contribution in [3.05, 3.63) is 23.9 Å². The zero-order chi connectivity index (χ0) is 20.8. The summed E-state index contributed by atoms with van der Waals surface area (Å²) in [6.45, 7) is 5.98. The number of piperidine rings is 2. The summed E-state index contributed by atoms with van der Waals surface area (Å²) in [5.41, 5.74) is 1.24. The van der Waals surface area contributed by atoms with Gasteiger partial charge < -0.3 is 20.4 Å². The minimum atomic E-state index is 0. The summed E-state index contributed by atoms with van der Waals surface area (Å²) in [5, 5.41) is 7.21. The monoisotopic (exact) mass is 540 g/mol. The Hall–Kier alpha value is -1.09. The molecule has 2 unspecified atom stereocenters. The standard InChI is InChI=1S/C24H40N6.HI/c1-3-25-24(28-20-16-21-9-8-10-22(17-20)29(21)2)27-18-19-11-12-26-23(15-19)30-13-6-4-5-7-14-30;/h11-12,15,20-22H,3-10,13-14,16-18H2,1-2H3,(H2,25,27,28);1H. The van der Waals surface area contributed by atoms with Crippen molar-refractivity contribution < 1.29 is 0 Å². The molecule has 0 aliphatic carbocycles. The van der Waals surface area contributed by atoms with E-state index in [-0.39, 0.29) is 24.0 Å². The number of fused-ring (bicyclic) bond motifs is 2. The topological polar surface area (TPSA) is 55.8 Å². The van der Waals surface area contributed by atoms with Gasteiger partial charge in [0.1, 0.15) is 5.82 Å². The second-order valence-corrected chi connectivity index (χ2v) is 9.34. The normalized spacial score (nSPS) is 27.2. The number of nitrogens with zero attached hydrogens (tertiary/aromatic N) is 4. The third-order valence-corrected chi connectivity index (χ3v) is 7.18. The second kappa shape index (κ2) is 12.2. The highest BCUT2D eigenvalue weighted by atomic mass is 127. The molecule has 0 radical (unpaired) electrons. The number of nitrogens with one attached hydrogen (secondary N) is 2. The largest absolute Gasteiger partial charge is 0.357 e. The lowest BCUT2D eigenvalue weighted by Gasteiger charge is -2.47. The van der Waals surface area contributed by atoms with Crippen LogP contribution >= 0.6 is 24.0 Å². The van der Waals surface area contributed by atoms with E-state index in [4.69, 9.17) is 4.99 Å². The summed E-state index contributed by atoms with van der Waals surface area (Å²) in [6.07, 6.45) is 13.7. The molecule has 31 heavy (non-hydrogen) atoms. The lowest BCUT2D eigenvalue weighted by molar-refractivity contribution is 0.0526. The smallest absolute Gasteiger partial charge is 0.191 e. The van der Waals surface area contributed by atoms with Gasteiger partial charge in [-0.1, -0.05) is 19.3 Å². The number of aliphatic imine (C=N–C) groups is 1. The zero-order valence-corrected chi connectivity index (χ0v) is 21.7. The van der Waals surface area contributed by atoms with Gasteiger partial charge in [-0.25, -0.2) is 9.98 Å². The van der Waals surface area contributed by atoms with Gasteiger partial charge in [-0.3, -0.25) is 0 Å². The van der Waals surface area contributed by atoms with Crippen LogP contribution in [0.5, 0.6) is 0 Å². The van der Waals surface area contributed by atoms with Crippen LogP contribution in [0.15, 0.2) is 23.3 Å². The van der Waals surface area contributed by atoms with Gasteiger partial charge in [0.15, 0.2) is 5.96 Å². The van der Waals surface area contributed by atoms with Gasteiger partial charge in [-0.2, -0.15) is 0 Å². The van der Waals surface area contributed by atoms with Gasteiger partial charge >= 0.3 is 0 Å². The Morgan fingerprint density at radius 1 is 1.10 bits per heavy atom. The summed E-state index contributed by atoms with van der Waals surface area (Å²) in [5.74, 6) is 2.07. The highest BCUT2D eigenvalue weighted by Crippen LogP contribution is 2.32. The molecule has 6 nitrogen and oxygen atoms in total. The average Bonchev–Trinajstić information content (AvgIpc) is 3.03. The fourth-order valence-electron chi connectivity index (χ4n) is 5.45. The predicted molar refractivity (Wildman–Crippen MR) is 140 cm³/mol. The zero-order valence-electron chi connectivity index (χ0n) is 19.4. The average molecular weight is 541 g/mol. The van der Waals surface area contributed by atoms with Crippen molar-refractivity contribution in [2.45, 2.75) is 89.4 Å². The van der Waals surface area contributed by atoms with Crippen LogP contribution in [-0.4, -0.2) is 60.7 Å². The van der Waals surface area contributed by atoms with Crippen LogP contribution in [0.25, 0.3) is 0 Å². The molecule has 174 valence electrons. The minimum Gasteiger partial charge on any atom is -0.357 e. The van der Waals surface area contributed by atoms with Gasteiger partial charge in [0.05, 0.1) is 6.54 Å². The quantitative estimate of drug-likeness (QED) is 0.334. The van der Waals surface area contributed by atoms with Gasteiger partial charge in [0, 0.05) is 44.0 Å². The van der Waals surface area contributed by atoms with E-state index >= 15 is 0 Å². The third kappa shape index (κ3) is 6.70. The number of hydrogen-bond acceptors (Lipinski definition) is 4. The first-order chi connectivity index (χ1) is 14.7. The molecule has 2 atom stereocenters. The molecule has 0 aromatic carbocycles. The number of guanidine groups is 1. The van der Waals surface area contributed by atoms with Crippen LogP contribution in [0.1, 0.15) is 70.3 Å². The molecule has 0 saturated carbocycles.